The van der Waals surface area contributed by atoms with Crippen LogP contribution in [0.5, 0.6) is 0 Å². The molecule has 13 heteroatoms. The number of nitrogens with zero attached hydrogens (tertiary/aromatic N) is 4. The highest BCUT2D eigenvalue weighted by atomic mass is 32.1. The van der Waals surface area contributed by atoms with Crippen molar-refractivity contribution in [3.63, 3.8) is 0 Å². The van der Waals surface area contributed by atoms with Gasteiger partial charge in [-0.1, -0.05) is 25.0 Å². The van der Waals surface area contributed by atoms with Crippen molar-refractivity contribution in [3.8, 4) is 11.1 Å². The number of alkyl carbamates (subject to hydrolysis) is 1. The summed E-state index contributed by atoms with van der Waals surface area (Å²) in [6, 6.07) is 1.71. The van der Waals surface area contributed by atoms with Crippen molar-refractivity contribution in [1.82, 2.24) is 30.5 Å². The van der Waals surface area contributed by atoms with Gasteiger partial charge < -0.3 is 25.4 Å². The first-order chi connectivity index (χ1) is 22.8. The second-order valence-electron chi connectivity index (χ2n) is 14.3. The molecule has 256 valence electrons. The fraction of sp³-hybridized carbons (Fsp3) is 0.543. The van der Waals surface area contributed by atoms with Crippen molar-refractivity contribution >= 4 is 46.2 Å². The van der Waals surface area contributed by atoms with Gasteiger partial charge in [0.25, 0.3) is 0 Å². The zero-order chi connectivity index (χ0) is 34.4. The van der Waals surface area contributed by atoms with Gasteiger partial charge in [-0.3, -0.25) is 9.59 Å². The van der Waals surface area contributed by atoms with E-state index < -0.39 is 53.1 Å². The Balaban J connectivity index is 1.34. The van der Waals surface area contributed by atoms with Crippen LogP contribution in [0.25, 0.3) is 22.2 Å². The summed E-state index contributed by atoms with van der Waals surface area (Å²) in [6.07, 6.45) is 7.08. The van der Waals surface area contributed by atoms with Crippen LogP contribution in [0.15, 0.2) is 35.0 Å². The van der Waals surface area contributed by atoms with E-state index >= 15 is 0 Å². The van der Waals surface area contributed by atoms with Crippen molar-refractivity contribution in [2.45, 2.75) is 109 Å². The highest BCUT2D eigenvalue weighted by Crippen LogP contribution is 2.45. The molecule has 3 aliphatic rings. The number of aliphatic carboxylic acids is 1. The van der Waals surface area contributed by atoms with Gasteiger partial charge in [0, 0.05) is 18.9 Å². The first-order valence-electron chi connectivity index (χ1n) is 16.7. The van der Waals surface area contributed by atoms with Gasteiger partial charge >= 0.3 is 12.1 Å². The smallest absolute Gasteiger partial charge is 0.408 e. The fourth-order valence-corrected chi connectivity index (χ4v) is 7.55. The normalized spacial score (nSPS) is 27.3. The number of benzene rings is 1. The molecule has 1 saturated heterocycles. The van der Waals surface area contributed by atoms with Crippen molar-refractivity contribution in [2.24, 2.45) is 5.92 Å². The van der Waals surface area contributed by atoms with E-state index in [9.17, 15) is 24.3 Å². The van der Waals surface area contributed by atoms with E-state index in [-0.39, 0.29) is 25.3 Å². The van der Waals surface area contributed by atoms with Crippen LogP contribution in [0, 0.1) is 19.8 Å². The number of carbonyl (C=O) groups is 4. The number of carboxylic acid groups (broad SMARTS) is 1. The average molecular weight is 677 g/mol. The van der Waals surface area contributed by atoms with E-state index in [2.05, 4.69) is 29.0 Å². The van der Waals surface area contributed by atoms with E-state index in [1.165, 1.54) is 4.90 Å². The molecule has 2 fully saturated rings. The summed E-state index contributed by atoms with van der Waals surface area (Å²) in [7, 11) is 0. The number of hydrogen-bond donors (Lipinski definition) is 3. The predicted octanol–water partition coefficient (Wildman–Crippen LogP) is 5.29. The van der Waals surface area contributed by atoms with E-state index in [1.807, 2.05) is 30.5 Å². The van der Waals surface area contributed by atoms with Crippen LogP contribution >= 0.6 is 11.3 Å². The summed E-state index contributed by atoms with van der Waals surface area (Å²) in [5.41, 5.74) is 3.55. The zero-order valence-corrected chi connectivity index (χ0v) is 28.9. The summed E-state index contributed by atoms with van der Waals surface area (Å²) < 4.78 is 5.49. The SMILES string of the molecule is Cc1c(-c2ccsc2)cc2nn([C@H]3C[C@H]4C(=O)N[C@]5(C(=O)O)C[C@H]5/C=C\CCCCC[C@H](NC(=O)OC(C)(C)C)C(=O)N4C3)nc2c1C. The molecule has 3 aromatic rings. The highest BCUT2D eigenvalue weighted by Gasteiger charge is 2.61. The Bertz CT molecular complexity index is 1760. The number of amides is 3. The number of thiophene rings is 1. The Kier molecular flexibility index (Phi) is 9.10. The summed E-state index contributed by atoms with van der Waals surface area (Å²) in [5.74, 6) is -2.39. The number of aryl methyl sites for hydroxylation is 1. The fourth-order valence-electron chi connectivity index (χ4n) is 6.90. The standard InChI is InChI=1S/C35H44N6O6S/c1-20-21(2)29-27(16-25(20)22-13-14-48-19-22)38-41(39-29)24-15-28-30(42)37-35(32(44)45)17-23(35)11-9-7-6-8-10-12-26(31(43)40(28)18-24)36-33(46)47-34(3,4)5/h9,11,13-14,16,19,23-24,26,28H,6-8,10,12,15,17-18H2,1-5H3,(H,36,46)(H,37,42)(H,44,45)/b11-9-/t23-,24+,26+,28+,35-/m1/s1. The third kappa shape index (κ3) is 6.69. The lowest BCUT2D eigenvalue weighted by atomic mass is 9.98. The number of hydrogen-bond acceptors (Lipinski definition) is 8. The van der Waals surface area contributed by atoms with Gasteiger partial charge in [0.05, 0.1) is 6.04 Å². The summed E-state index contributed by atoms with van der Waals surface area (Å²) in [6.45, 7) is 9.44. The number of fused-ring (bicyclic) bond motifs is 3. The molecule has 4 heterocycles. The second kappa shape index (κ2) is 13.0. The summed E-state index contributed by atoms with van der Waals surface area (Å²) in [4.78, 5) is 56.7. The number of allylic oxidation sites excluding steroid dienone is 1. The molecule has 3 N–H and O–H groups in total. The molecule has 0 radical (unpaired) electrons. The van der Waals surface area contributed by atoms with E-state index in [4.69, 9.17) is 14.9 Å². The van der Waals surface area contributed by atoms with E-state index in [1.54, 1.807) is 36.9 Å². The summed E-state index contributed by atoms with van der Waals surface area (Å²) >= 11 is 1.62. The van der Waals surface area contributed by atoms with Gasteiger partial charge in [0.2, 0.25) is 11.8 Å². The molecule has 5 atom stereocenters. The minimum atomic E-state index is -1.42. The van der Waals surface area contributed by atoms with Crippen LogP contribution in [-0.4, -0.2) is 78.6 Å². The van der Waals surface area contributed by atoms with Crippen LogP contribution in [0.2, 0.25) is 0 Å². The maximum Gasteiger partial charge on any atom is 0.408 e. The first kappa shape index (κ1) is 33.6. The Hall–Kier alpha value is -4.26. The Morgan fingerprint density at radius 3 is 2.65 bits per heavy atom. The number of nitrogens with one attached hydrogen (secondary N) is 2. The first-order valence-corrected chi connectivity index (χ1v) is 17.6. The number of carboxylic acids is 1. The van der Waals surface area contributed by atoms with Crippen molar-refractivity contribution < 1.29 is 29.0 Å². The lowest BCUT2D eigenvalue weighted by Gasteiger charge is -2.30. The second-order valence-corrected chi connectivity index (χ2v) is 15.1. The molecular weight excluding hydrogens is 632 g/mol. The molecule has 0 unspecified atom stereocenters. The molecule has 1 aromatic carbocycles. The minimum absolute atomic E-state index is 0.114. The third-order valence-corrected chi connectivity index (χ3v) is 10.4. The Morgan fingerprint density at radius 1 is 1.15 bits per heavy atom. The Morgan fingerprint density at radius 2 is 1.94 bits per heavy atom. The largest absolute Gasteiger partial charge is 0.479 e. The van der Waals surface area contributed by atoms with Crippen LogP contribution < -0.4 is 10.6 Å². The molecule has 2 aliphatic heterocycles. The van der Waals surface area contributed by atoms with Crippen molar-refractivity contribution in [3.05, 3.63) is 46.2 Å². The molecule has 3 amide bonds. The number of ether oxygens (including phenoxy) is 1. The van der Waals surface area contributed by atoms with Gasteiger partial charge in [-0.05, 0) is 105 Å². The topological polar surface area (TPSA) is 156 Å². The van der Waals surface area contributed by atoms with Crippen LogP contribution in [0.1, 0.15) is 82.9 Å². The maximum atomic E-state index is 14.3. The van der Waals surface area contributed by atoms with Gasteiger partial charge in [-0.25, -0.2) is 9.59 Å². The Labute approximate surface area is 283 Å². The molecule has 0 spiro atoms. The number of rotatable bonds is 4. The minimum Gasteiger partial charge on any atom is -0.479 e. The molecule has 48 heavy (non-hydrogen) atoms. The number of aromatic nitrogens is 3. The predicted molar refractivity (Wildman–Crippen MR) is 181 cm³/mol. The van der Waals surface area contributed by atoms with Crippen LogP contribution in [0.3, 0.4) is 0 Å². The molecule has 6 rings (SSSR count). The zero-order valence-electron chi connectivity index (χ0n) is 28.1. The molecule has 1 aliphatic carbocycles. The molecule has 2 aromatic heterocycles. The maximum absolute atomic E-state index is 14.3. The quantitative estimate of drug-likeness (QED) is 0.315. The average Bonchev–Trinajstić information content (AvgIpc) is 3.47. The molecular formula is C35H44N6O6S. The summed E-state index contributed by atoms with van der Waals surface area (Å²) in [5, 5.41) is 29.6. The monoisotopic (exact) mass is 676 g/mol. The highest BCUT2D eigenvalue weighted by molar-refractivity contribution is 7.08. The molecule has 12 nitrogen and oxygen atoms in total. The lowest BCUT2D eigenvalue weighted by Crippen LogP contribution is -2.56. The molecule has 0 bridgehead atoms. The van der Waals surface area contributed by atoms with E-state index in [0.717, 1.165) is 47.0 Å². The van der Waals surface area contributed by atoms with Gasteiger partial charge in [-0.15, -0.1) is 0 Å². The van der Waals surface area contributed by atoms with Gasteiger partial charge in [0.1, 0.15) is 34.3 Å². The molecule has 1 saturated carbocycles. The van der Waals surface area contributed by atoms with Crippen LogP contribution in [0.4, 0.5) is 4.79 Å². The van der Waals surface area contributed by atoms with Gasteiger partial charge in [0.15, 0.2) is 0 Å². The third-order valence-electron chi connectivity index (χ3n) is 9.75. The van der Waals surface area contributed by atoms with Crippen molar-refractivity contribution in [2.75, 3.05) is 6.54 Å². The number of carbonyl (C=O) groups excluding carboxylic acids is 3. The lowest BCUT2D eigenvalue weighted by molar-refractivity contribution is -0.145. The van der Waals surface area contributed by atoms with Crippen LogP contribution in [-0.2, 0) is 19.1 Å². The van der Waals surface area contributed by atoms with Crippen molar-refractivity contribution in [1.29, 1.82) is 0 Å². The van der Waals surface area contributed by atoms with E-state index in [0.29, 0.717) is 18.4 Å². The van der Waals surface area contributed by atoms with Gasteiger partial charge in [-0.2, -0.15) is 26.3 Å².